The van der Waals surface area contributed by atoms with Gasteiger partial charge in [0.15, 0.2) is 5.58 Å². The zero-order chi connectivity index (χ0) is 17.3. The van der Waals surface area contributed by atoms with E-state index in [1.54, 1.807) is 12.1 Å². The van der Waals surface area contributed by atoms with Gasteiger partial charge in [0.25, 0.3) is 5.91 Å². The summed E-state index contributed by atoms with van der Waals surface area (Å²) in [5, 5.41) is 2.93. The number of carbonyl (C=O) groups is 1. The Bertz CT molecular complexity index is 877. The first-order valence-corrected chi connectivity index (χ1v) is 8.06. The van der Waals surface area contributed by atoms with Crippen molar-refractivity contribution in [2.24, 2.45) is 5.92 Å². The third-order valence-electron chi connectivity index (χ3n) is 3.85. The van der Waals surface area contributed by atoms with Crippen molar-refractivity contribution in [3.8, 4) is 0 Å². The molecule has 1 amide bonds. The molecule has 24 heavy (non-hydrogen) atoms. The van der Waals surface area contributed by atoms with Crippen molar-refractivity contribution >= 4 is 17.0 Å². The van der Waals surface area contributed by atoms with Crippen LogP contribution in [0.4, 0.5) is 4.39 Å². The Balaban J connectivity index is 1.99. The van der Waals surface area contributed by atoms with Crippen LogP contribution in [0.3, 0.4) is 0 Å². The minimum absolute atomic E-state index is 0.149. The Labute approximate surface area is 140 Å². The number of amides is 1. The van der Waals surface area contributed by atoms with Gasteiger partial charge in [0.2, 0.25) is 0 Å². The van der Waals surface area contributed by atoms with Crippen LogP contribution in [-0.4, -0.2) is 17.0 Å². The summed E-state index contributed by atoms with van der Waals surface area (Å²) in [5.74, 6) is 0.710. The number of carbonyl (C=O) groups excluding carboxylic acids is 1. The third-order valence-corrected chi connectivity index (χ3v) is 3.85. The molecule has 0 fully saturated rings. The van der Waals surface area contributed by atoms with E-state index in [1.165, 1.54) is 12.1 Å². The van der Waals surface area contributed by atoms with Crippen molar-refractivity contribution in [3.63, 3.8) is 0 Å². The van der Waals surface area contributed by atoms with Crippen molar-refractivity contribution in [1.29, 1.82) is 0 Å². The van der Waals surface area contributed by atoms with Crippen LogP contribution in [-0.2, 0) is 6.54 Å². The number of nitrogens with one attached hydrogen (secondary N) is 1. The number of aromatic nitrogens is 1. The largest absolute Gasteiger partial charge is 0.460 e. The molecular weight excluding hydrogens is 307 g/mol. The van der Waals surface area contributed by atoms with Gasteiger partial charge >= 0.3 is 0 Å². The van der Waals surface area contributed by atoms with Gasteiger partial charge in [-0.2, -0.15) is 0 Å². The van der Waals surface area contributed by atoms with E-state index in [2.05, 4.69) is 5.32 Å². The highest BCUT2D eigenvalue weighted by molar-refractivity contribution is 5.97. The van der Waals surface area contributed by atoms with Crippen molar-refractivity contribution < 1.29 is 13.6 Å². The van der Waals surface area contributed by atoms with Gasteiger partial charge in [-0.15, -0.1) is 0 Å². The molecule has 3 rings (SSSR count). The summed E-state index contributed by atoms with van der Waals surface area (Å²) in [5.41, 5.74) is 2.82. The predicted molar refractivity (Wildman–Crippen MR) is 91.6 cm³/mol. The van der Waals surface area contributed by atoms with E-state index in [9.17, 15) is 9.18 Å². The van der Waals surface area contributed by atoms with E-state index in [4.69, 9.17) is 4.42 Å². The average molecular weight is 328 g/mol. The molecule has 126 valence electrons. The maximum atomic E-state index is 13.5. The highest BCUT2D eigenvalue weighted by atomic mass is 19.1. The molecule has 0 atom stereocenters. The van der Waals surface area contributed by atoms with Gasteiger partial charge in [0.1, 0.15) is 17.3 Å². The maximum Gasteiger partial charge on any atom is 0.268 e. The Morgan fingerprint density at radius 3 is 2.79 bits per heavy atom. The van der Waals surface area contributed by atoms with Crippen LogP contribution in [0.15, 0.2) is 40.8 Å². The maximum absolute atomic E-state index is 13.5. The minimum atomic E-state index is -0.287. The zero-order valence-electron chi connectivity index (χ0n) is 14.1. The summed E-state index contributed by atoms with van der Waals surface area (Å²) in [6.07, 6.45) is 0. The number of nitrogens with zero attached hydrogens (tertiary/aromatic N) is 1. The quantitative estimate of drug-likeness (QED) is 0.766. The third kappa shape index (κ3) is 3.35. The molecule has 2 heterocycles. The lowest BCUT2D eigenvalue weighted by molar-refractivity contribution is 0.0940. The minimum Gasteiger partial charge on any atom is -0.460 e. The lowest BCUT2D eigenvalue weighted by atomic mass is 10.2. The van der Waals surface area contributed by atoms with Crippen LogP contribution in [0.1, 0.15) is 35.7 Å². The molecular formula is C19H21FN2O2. The van der Waals surface area contributed by atoms with Gasteiger partial charge in [0, 0.05) is 25.2 Å². The van der Waals surface area contributed by atoms with Crippen molar-refractivity contribution in [1.82, 2.24) is 9.88 Å². The van der Waals surface area contributed by atoms with Crippen molar-refractivity contribution in [2.45, 2.75) is 27.3 Å². The topological polar surface area (TPSA) is 47.2 Å². The molecule has 0 saturated heterocycles. The molecule has 1 N–H and O–H groups in total. The highest BCUT2D eigenvalue weighted by Gasteiger charge is 2.18. The fourth-order valence-electron chi connectivity index (χ4n) is 2.73. The van der Waals surface area contributed by atoms with Gasteiger partial charge in [-0.25, -0.2) is 4.39 Å². The van der Waals surface area contributed by atoms with E-state index in [-0.39, 0.29) is 11.7 Å². The molecule has 4 nitrogen and oxygen atoms in total. The summed E-state index contributed by atoms with van der Waals surface area (Å²) in [6, 6.07) is 10.1. The number of aryl methyl sites for hydroxylation is 1. The lowest BCUT2D eigenvalue weighted by Crippen LogP contribution is -2.29. The van der Waals surface area contributed by atoms with Gasteiger partial charge in [-0.1, -0.05) is 26.0 Å². The second kappa shape index (κ2) is 6.51. The molecule has 5 heteroatoms. The Hall–Kier alpha value is -2.56. The first-order valence-electron chi connectivity index (χ1n) is 8.06. The first kappa shape index (κ1) is 16.3. The van der Waals surface area contributed by atoms with E-state index in [1.807, 2.05) is 37.5 Å². The molecule has 0 aliphatic rings. The summed E-state index contributed by atoms with van der Waals surface area (Å²) >= 11 is 0. The standard InChI is InChI=1S/C19H21FN2O2/c1-12(2)10-21-19(23)17-9-18-16(7-13(3)24-18)22(17)11-14-5-4-6-15(20)8-14/h4-9,12H,10-11H2,1-3H3,(H,21,23). The first-order chi connectivity index (χ1) is 11.4. The molecule has 1 aromatic carbocycles. The van der Waals surface area contributed by atoms with Crippen LogP contribution in [0, 0.1) is 18.7 Å². The van der Waals surface area contributed by atoms with E-state index in [0.717, 1.165) is 16.8 Å². The number of furan rings is 1. The monoisotopic (exact) mass is 328 g/mol. The van der Waals surface area contributed by atoms with E-state index >= 15 is 0 Å². The molecule has 0 radical (unpaired) electrons. The number of hydrogen-bond acceptors (Lipinski definition) is 2. The Morgan fingerprint density at radius 2 is 2.08 bits per heavy atom. The Kier molecular flexibility index (Phi) is 4.42. The fraction of sp³-hybridized carbons (Fsp3) is 0.316. The zero-order valence-corrected chi connectivity index (χ0v) is 14.1. The fourth-order valence-corrected chi connectivity index (χ4v) is 2.73. The van der Waals surface area contributed by atoms with Gasteiger partial charge < -0.3 is 14.3 Å². The molecule has 0 unspecified atom stereocenters. The van der Waals surface area contributed by atoms with E-state index in [0.29, 0.717) is 30.3 Å². The summed E-state index contributed by atoms with van der Waals surface area (Å²) in [6.45, 7) is 6.96. The second-order valence-corrected chi connectivity index (χ2v) is 6.46. The van der Waals surface area contributed by atoms with Crippen molar-refractivity contribution in [3.05, 3.63) is 59.2 Å². The predicted octanol–water partition coefficient (Wildman–Crippen LogP) is 4.12. The number of halogens is 1. The van der Waals surface area contributed by atoms with Crippen molar-refractivity contribution in [2.75, 3.05) is 6.54 Å². The van der Waals surface area contributed by atoms with Crippen LogP contribution < -0.4 is 5.32 Å². The van der Waals surface area contributed by atoms with Crippen LogP contribution >= 0.6 is 0 Å². The lowest BCUT2D eigenvalue weighted by Gasteiger charge is -2.12. The molecule has 0 saturated carbocycles. The summed E-state index contributed by atoms with van der Waals surface area (Å²) in [4.78, 5) is 12.5. The van der Waals surface area contributed by atoms with Gasteiger partial charge in [-0.3, -0.25) is 4.79 Å². The molecule has 2 aromatic heterocycles. The number of benzene rings is 1. The van der Waals surface area contributed by atoms with Crippen LogP contribution in [0.2, 0.25) is 0 Å². The number of fused-ring (bicyclic) bond motifs is 1. The second-order valence-electron chi connectivity index (χ2n) is 6.46. The number of rotatable bonds is 5. The van der Waals surface area contributed by atoms with Gasteiger partial charge in [-0.05, 0) is 30.5 Å². The molecule has 0 aliphatic heterocycles. The average Bonchev–Trinajstić information content (AvgIpc) is 3.02. The van der Waals surface area contributed by atoms with Crippen LogP contribution in [0.25, 0.3) is 11.1 Å². The highest BCUT2D eigenvalue weighted by Crippen LogP contribution is 2.25. The molecule has 3 aromatic rings. The summed E-state index contributed by atoms with van der Waals surface area (Å²) < 4.78 is 21.0. The van der Waals surface area contributed by atoms with Crippen LogP contribution in [0.5, 0.6) is 0 Å². The Morgan fingerprint density at radius 1 is 1.29 bits per heavy atom. The summed E-state index contributed by atoms with van der Waals surface area (Å²) in [7, 11) is 0. The molecule has 0 bridgehead atoms. The smallest absolute Gasteiger partial charge is 0.268 e. The molecule has 0 aliphatic carbocycles. The SMILES string of the molecule is Cc1cc2c(cc(C(=O)NCC(C)C)n2Cc2cccc(F)c2)o1. The number of hydrogen-bond donors (Lipinski definition) is 1. The normalized spacial score (nSPS) is 11.4. The molecule has 0 spiro atoms. The van der Waals surface area contributed by atoms with Gasteiger partial charge in [0.05, 0.1) is 5.52 Å². The van der Waals surface area contributed by atoms with E-state index < -0.39 is 0 Å².